The standard InChI is InChI=1S/C33H24N4/c1-23-12-13-30(22-34-23)26-16-14-24(15-17-26)25-18-20-29(21-19-25)33-36-31(27-8-4-2-5-9-27)35-32(37-33)28-10-6-3-7-11-28/h2-22H,1H3. The first-order chi connectivity index (χ1) is 18.2. The van der Waals surface area contributed by atoms with Crippen LogP contribution in [0.25, 0.3) is 56.4 Å². The van der Waals surface area contributed by atoms with Crippen LogP contribution in [0.3, 0.4) is 0 Å². The number of benzene rings is 4. The van der Waals surface area contributed by atoms with E-state index in [-0.39, 0.29) is 0 Å². The van der Waals surface area contributed by atoms with Gasteiger partial charge >= 0.3 is 0 Å². The Kier molecular flexibility index (Phi) is 6.05. The number of hydrogen-bond acceptors (Lipinski definition) is 4. The minimum absolute atomic E-state index is 0.654. The van der Waals surface area contributed by atoms with Gasteiger partial charge in [0.15, 0.2) is 17.5 Å². The van der Waals surface area contributed by atoms with Gasteiger partial charge in [-0.05, 0) is 29.7 Å². The molecule has 0 radical (unpaired) electrons. The number of pyridine rings is 1. The minimum atomic E-state index is 0.654. The summed E-state index contributed by atoms with van der Waals surface area (Å²) in [6, 6.07) is 41.2. The normalized spacial score (nSPS) is 10.8. The number of aromatic nitrogens is 4. The number of aryl methyl sites for hydroxylation is 1. The zero-order valence-corrected chi connectivity index (χ0v) is 20.4. The van der Waals surface area contributed by atoms with Crippen LogP contribution < -0.4 is 0 Å². The van der Waals surface area contributed by atoms with Crippen molar-refractivity contribution in [1.82, 2.24) is 19.9 Å². The molecular formula is C33H24N4. The SMILES string of the molecule is Cc1ccc(-c2ccc(-c3ccc(-c4nc(-c5ccccc5)nc(-c5ccccc5)n4)cc3)cc2)cn1. The maximum atomic E-state index is 4.82. The van der Waals surface area contributed by atoms with E-state index < -0.39 is 0 Å². The van der Waals surface area contributed by atoms with Gasteiger partial charge in [0, 0.05) is 34.1 Å². The minimum Gasteiger partial charge on any atom is -0.261 e. The predicted molar refractivity (Wildman–Crippen MR) is 150 cm³/mol. The first kappa shape index (κ1) is 22.5. The van der Waals surface area contributed by atoms with Crippen LogP contribution in [0, 0.1) is 6.92 Å². The smallest absolute Gasteiger partial charge is 0.164 e. The van der Waals surface area contributed by atoms with Crippen molar-refractivity contribution in [2.45, 2.75) is 6.92 Å². The third-order valence-corrected chi connectivity index (χ3v) is 6.31. The van der Waals surface area contributed by atoms with E-state index in [1.807, 2.05) is 79.9 Å². The molecule has 0 aliphatic heterocycles. The van der Waals surface area contributed by atoms with Gasteiger partial charge in [0.05, 0.1) is 0 Å². The number of rotatable bonds is 5. The molecule has 0 saturated carbocycles. The monoisotopic (exact) mass is 476 g/mol. The Morgan fingerprint density at radius 3 is 1.11 bits per heavy atom. The molecule has 0 aliphatic carbocycles. The number of nitrogens with zero attached hydrogens (tertiary/aromatic N) is 4. The van der Waals surface area contributed by atoms with Gasteiger partial charge in [-0.15, -0.1) is 0 Å². The van der Waals surface area contributed by atoms with E-state index in [9.17, 15) is 0 Å². The third-order valence-electron chi connectivity index (χ3n) is 6.31. The van der Waals surface area contributed by atoms with Crippen LogP contribution in [0.2, 0.25) is 0 Å². The van der Waals surface area contributed by atoms with Crippen molar-refractivity contribution in [3.63, 3.8) is 0 Å². The van der Waals surface area contributed by atoms with Gasteiger partial charge in [0.25, 0.3) is 0 Å². The largest absolute Gasteiger partial charge is 0.261 e. The Bertz CT molecular complexity index is 1570. The van der Waals surface area contributed by atoms with Crippen molar-refractivity contribution < 1.29 is 0 Å². The first-order valence-electron chi connectivity index (χ1n) is 12.2. The number of hydrogen-bond donors (Lipinski definition) is 0. The Morgan fingerprint density at radius 1 is 0.351 bits per heavy atom. The fourth-order valence-corrected chi connectivity index (χ4v) is 4.24. The molecule has 4 heteroatoms. The molecule has 0 unspecified atom stereocenters. The van der Waals surface area contributed by atoms with Crippen molar-refractivity contribution >= 4 is 0 Å². The highest BCUT2D eigenvalue weighted by Gasteiger charge is 2.12. The molecule has 0 amide bonds. The summed E-state index contributed by atoms with van der Waals surface area (Å²) in [5, 5.41) is 0. The summed E-state index contributed by atoms with van der Waals surface area (Å²) in [4.78, 5) is 18.8. The molecule has 0 N–H and O–H groups in total. The molecule has 0 bridgehead atoms. The van der Waals surface area contributed by atoms with Gasteiger partial charge < -0.3 is 0 Å². The molecule has 0 spiro atoms. The van der Waals surface area contributed by atoms with Crippen molar-refractivity contribution in [3.8, 4) is 56.4 Å². The maximum absolute atomic E-state index is 4.82. The lowest BCUT2D eigenvalue weighted by molar-refractivity contribution is 1.07. The van der Waals surface area contributed by atoms with E-state index in [1.54, 1.807) is 0 Å². The summed E-state index contributed by atoms with van der Waals surface area (Å²) >= 11 is 0. The van der Waals surface area contributed by atoms with Crippen molar-refractivity contribution in [1.29, 1.82) is 0 Å². The molecular weight excluding hydrogens is 452 g/mol. The molecule has 2 aromatic heterocycles. The Labute approximate surface area is 216 Å². The van der Waals surface area contributed by atoms with E-state index in [4.69, 9.17) is 15.0 Å². The van der Waals surface area contributed by atoms with Crippen molar-refractivity contribution in [3.05, 3.63) is 133 Å². The first-order valence-corrected chi connectivity index (χ1v) is 12.2. The van der Waals surface area contributed by atoms with Gasteiger partial charge in [-0.1, -0.05) is 115 Å². The lowest BCUT2D eigenvalue weighted by Crippen LogP contribution is -2.00. The summed E-state index contributed by atoms with van der Waals surface area (Å²) in [5.74, 6) is 1.98. The quantitative estimate of drug-likeness (QED) is 0.254. The lowest BCUT2D eigenvalue weighted by atomic mass is 10.00. The summed E-state index contributed by atoms with van der Waals surface area (Å²) in [5.41, 5.74) is 8.45. The van der Waals surface area contributed by atoms with Crippen LogP contribution in [-0.2, 0) is 0 Å². The molecule has 176 valence electrons. The van der Waals surface area contributed by atoms with Crippen LogP contribution in [0.15, 0.2) is 128 Å². The molecule has 4 aromatic carbocycles. The van der Waals surface area contributed by atoms with Crippen molar-refractivity contribution in [2.75, 3.05) is 0 Å². The summed E-state index contributed by atoms with van der Waals surface area (Å²) in [6.07, 6.45) is 1.92. The molecule has 37 heavy (non-hydrogen) atoms. The fraction of sp³-hybridized carbons (Fsp3) is 0.0303. The Morgan fingerprint density at radius 2 is 0.703 bits per heavy atom. The highest BCUT2D eigenvalue weighted by molar-refractivity contribution is 5.73. The van der Waals surface area contributed by atoms with Crippen LogP contribution in [0.4, 0.5) is 0 Å². The molecule has 6 rings (SSSR count). The molecule has 6 aromatic rings. The van der Waals surface area contributed by atoms with Gasteiger partial charge in [-0.2, -0.15) is 0 Å². The van der Waals surface area contributed by atoms with Crippen molar-refractivity contribution in [2.24, 2.45) is 0 Å². The molecule has 0 aliphatic rings. The molecule has 0 fully saturated rings. The highest BCUT2D eigenvalue weighted by atomic mass is 15.0. The second kappa shape index (κ2) is 9.96. The second-order valence-electron chi connectivity index (χ2n) is 8.88. The fourth-order valence-electron chi connectivity index (χ4n) is 4.24. The van der Waals surface area contributed by atoms with E-state index in [0.717, 1.165) is 44.6 Å². The summed E-state index contributed by atoms with van der Waals surface area (Å²) < 4.78 is 0. The summed E-state index contributed by atoms with van der Waals surface area (Å²) in [6.45, 7) is 2.00. The average Bonchev–Trinajstić information content (AvgIpc) is 2.98. The topological polar surface area (TPSA) is 51.6 Å². The second-order valence-corrected chi connectivity index (χ2v) is 8.88. The van der Waals surface area contributed by atoms with Crippen LogP contribution in [-0.4, -0.2) is 19.9 Å². The molecule has 0 atom stereocenters. The van der Waals surface area contributed by atoms with E-state index in [1.165, 1.54) is 0 Å². The highest BCUT2D eigenvalue weighted by Crippen LogP contribution is 2.28. The molecule has 4 nitrogen and oxygen atoms in total. The zero-order chi connectivity index (χ0) is 25.0. The van der Waals surface area contributed by atoms with Gasteiger partial charge in [0.1, 0.15) is 0 Å². The average molecular weight is 477 g/mol. The van der Waals surface area contributed by atoms with Crippen LogP contribution in [0.1, 0.15) is 5.69 Å². The predicted octanol–water partition coefficient (Wildman–Crippen LogP) is 7.91. The Balaban J connectivity index is 1.33. The van der Waals surface area contributed by atoms with E-state index >= 15 is 0 Å². The van der Waals surface area contributed by atoms with Gasteiger partial charge in [-0.3, -0.25) is 4.98 Å². The van der Waals surface area contributed by atoms with Crippen LogP contribution in [0.5, 0.6) is 0 Å². The Hall–Kier alpha value is -4.96. The van der Waals surface area contributed by atoms with E-state index in [2.05, 4.69) is 59.6 Å². The summed E-state index contributed by atoms with van der Waals surface area (Å²) in [7, 11) is 0. The molecule has 0 saturated heterocycles. The maximum Gasteiger partial charge on any atom is 0.164 e. The zero-order valence-electron chi connectivity index (χ0n) is 20.4. The van der Waals surface area contributed by atoms with E-state index in [0.29, 0.717) is 17.5 Å². The van der Waals surface area contributed by atoms with Gasteiger partial charge in [-0.25, -0.2) is 15.0 Å². The van der Waals surface area contributed by atoms with Gasteiger partial charge in [0.2, 0.25) is 0 Å². The third kappa shape index (κ3) is 4.91. The lowest BCUT2D eigenvalue weighted by Gasteiger charge is -2.09. The molecule has 2 heterocycles. The van der Waals surface area contributed by atoms with Crippen LogP contribution >= 0.6 is 0 Å².